The molecule has 12 heavy (non-hydrogen) atoms. The summed E-state index contributed by atoms with van der Waals surface area (Å²) in [6.07, 6.45) is 0. The Morgan fingerprint density at radius 1 is 1.58 bits per heavy atom. The Labute approximate surface area is 71.4 Å². The maximum Gasteiger partial charge on any atom is 0.133 e. The lowest BCUT2D eigenvalue weighted by Gasteiger charge is -2.00. The summed E-state index contributed by atoms with van der Waals surface area (Å²) < 4.78 is 0. The van der Waals surface area contributed by atoms with Gasteiger partial charge < -0.3 is 5.11 Å². The van der Waals surface area contributed by atoms with Crippen LogP contribution in [0.2, 0.25) is 0 Å². The Morgan fingerprint density at radius 2 is 2.25 bits per heavy atom. The lowest BCUT2D eigenvalue weighted by Crippen LogP contribution is -1.80. The van der Waals surface area contributed by atoms with E-state index >= 15 is 0 Å². The lowest BCUT2D eigenvalue weighted by molar-refractivity contribution is 0.473. The molecule has 60 valence electrons. The smallest absolute Gasteiger partial charge is 0.133 e. The first kappa shape index (κ1) is 8.35. The van der Waals surface area contributed by atoms with Crippen molar-refractivity contribution in [3.63, 3.8) is 0 Å². The Kier molecular flexibility index (Phi) is 2.16. The summed E-state index contributed by atoms with van der Waals surface area (Å²) in [6, 6.07) is 6.77. The van der Waals surface area contributed by atoms with Crippen LogP contribution in [-0.2, 0) is 0 Å². The number of hydrogen-bond acceptors (Lipinski definition) is 2. The van der Waals surface area contributed by atoms with Crippen LogP contribution in [0.15, 0.2) is 24.8 Å². The molecule has 0 amide bonds. The van der Waals surface area contributed by atoms with Gasteiger partial charge in [-0.1, -0.05) is 18.2 Å². The molecule has 0 aliphatic rings. The first-order valence-corrected chi connectivity index (χ1v) is 3.54. The van der Waals surface area contributed by atoms with Crippen LogP contribution in [-0.4, -0.2) is 5.11 Å². The zero-order valence-electron chi connectivity index (χ0n) is 6.83. The van der Waals surface area contributed by atoms with Gasteiger partial charge in [0.15, 0.2) is 0 Å². The molecule has 0 saturated heterocycles. The van der Waals surface area contributed by atoms with E-state index < -0.39 is 0 Å². The van der Waals surface area contributed by atoms with Gasteiger partial charge >= 0.3 is 0 Å². The molecule has 0 saturated carbocycles. The molecule has 1 rings (SSSR count). The van der Waals surface area contributed by atoms with Crippen molar-refractivity contribution in [3.05, 3.63) is 35.9 Å². The fraction of sp³-hybridized carbons (Fsp3) is 0.100. The van der Waals surface area contributed by atoms with Crippen LogP contribution >= 0.6 is 0 Å². The fourth-order valence-electron chi connectivity index (χ4n) is 0.892. The summed E-state index contributed by atoms with van der Waals surface area (Å²) in [6.45, 7) is 5.58. The molecular formula is C10H9NO. The van der Waals surface area contributed by atoms with Crippen molar-refractivity contribution in [2.75, 3.05) is 0 Å². The van der Waals surface area contributed by atoms with E-state index in [0.29, 0.717) is 5.56 Å². The number of allylic oxidation sites excluding steroid dienone is 1. The number of phenols is 1. The van der Waals surface area contributed by atoms with Crippen molar-refractivity contribution in [1.29, 1.82) is 5.26 Å². The SMILES string of the molecule is C=C(C)c1ccc(C#N)c(O)c1. The van der Waals surface area contributed by atoms with Crippen molar-refractivity contribution in [1.82, 2.24) is 0 Å². The third-order valence-corrected chi connectivity index (χ3v) is 1.61. The Morgan fingerprint density at radius 3 is 2.67 bits per heavy atom. The number of nitriles is 1. The van der Waals surface area contributed by atoms with Crippen LogP contribution in [0, 0.1) is 11.3 Å². The highest BCUT2D eigenvalue weighted by Crippen LogP contribution is 2.21. The maximum absolute atomic E-state index is 9.28. The fourth-order valence-corrected chi connectivity index (χ4v) is 0.892. The molecule has 0 aliphatic heterocycles. The van der Waals surface area contributed by atoms with Crippen molar-refractivity contribution >= 4 is 5.57 Å². The molecule has 2 nitrogen and oxygen atoms in total. The van der Waals surface area contributed by atoms with E-state index in [1.807, 2.05) is 13.0 Å². The first-order valence-electron chi connectivity index (χ1n) is 3.54. The largest absolute Gasteiger partial charge is 0.507 e. The molecule has 2 heteroatoms. The average molecular weight is 159 g/mol. The number of rotatable bonds is 1. The molecule has 0 radical (unpaired) electrons. The summed E-state index contributed by atoms with van der Waals surface area (Å²) in [5, 5.41) is 17.8. The molecule has 0 aliphatic carbocycles. The van der Waals surface area contributed by atoms with Crippen LogP contribution in [0.5, 0.6) is 5.75 Å². The maximum atomic E-state index is 9.28. The van der Waals surface area contributed by atoms with Crippen LogP contribution in [0.25, 0.3) is 5.57 Å². The highest BCUT2D eigenvalue weighted by atomic mass is 16.3. The van der Waals surface area contributed by atoms with Gasteiger partial charge in [0.1, 0.15) is 11.8 Å². The second kappa shape index (κ2) is 3.10. The summed E-state index contributed by atoms with van der Waals surface area (Å²) in [7, 11) is 0. The lowest BCUT2D eigenvalue weighted by atomic mass is 10.1. The Balaban J connectivity index is 3.21. The third kappa shape index (κ3) is 1.46. The Bertz CT molecular complexity index is 361. The van der Waals surface area contributed by atoms with Gasteiger partial charge in [0.05, 0.1) is 5.56 Å². The van der Waals surface area contributed by atoms with E-state index in [0.717, 1.165) is 11.1 Å². The second-order valence-electron chi connectivity index (χ2n) is 2.62. The van der Waals surface area contributed by atoms with E-state index in [-0.39, 0.29) is 5.75 Å². The topological polar surface area (TPSA) is 44.0 Å². The third-order valence-electron chi connectivity index (χ3n) is 1.61. The van der Waals surface area contributed by atoms with E-state index in [9.17, 15) is 5.11 Å². The van der Waals surface area contributed by atoms with Gasteiger partial charge in [-0.2, -0.15) is 5.26 Å². The number of aromatic hydroxyl groups is 1. The summed E-state index contributed by atoms with van der Waals surface area (Å²) in [5.41, 5.74) is 2.02. The zero-order chi connectivity index (χ0) is 9.14. The van der Waals surface area contributed by atoms with E-state index in [2.05, 4.69) is 6.58 Å². The van der Waals surface area contributed by atoms with Crippen molar-refractivity contribution in [2.24, 2.45) is 0 Å². The zero-order valence-corrected chi connectivity index (χ0v) is 6.83. The van der Waals surface area contributed by atoms with Crippen molar-refractivity contribution < 1.29 is 5.11 Å². The molecule has 0 fully saturated rings. The average Bonchev–Trinajstić information content (AvgIpc) is 2.04. The van der Waals surface area contributed by atoms with Crippen LogP contribution in [0.4, 0.5) is 0 Å². The van der Waals surface area contributed by atoms with Gasteiger partial charge in [0.2, 0.25) is 0 Å². The molecule has 0 aromatic heterocycles. The minimum Gasteiger partial charge on any atom is -0.507 e. The van der Waals surface area contributed by atoms with Crippen LogP contribution < -0.4 is 0 Å². The van der Waals surface area contributed by atoms with E-state index in [1.165, 1.54) is 0 Å². The van der Waals surface area contributed by atoms with E-state index in [4.69, 9.17) is 5.26 Å². The van der Waals surface area contributed by atoms with Crippen LogP contribution in [0.3, 0.4) is 0 Å². The normalized spacial score (nSPS) is 9.00. The van der Waals surface area contributed by atoms with Gasteiger partial charge in [-0.3, -0.25) is 0 Å². The second-order valence-corrected chi connectivity index (χ2v) is 2.62. The predicted molar refractivity (Wildman–Crippen MR) is 47.5 cm³/mol. The van der Waals surface area contributed by atoms with Gasteiger partial charge in [-0.15, -0.1) is 0 Å². The molecule has 0 bridgehead atoms. The molecule has 0 spiro atoms. The molecule has 0 atom stereocenters. The molecule has 1 N–H and O–H groups in total. The highest BCUT2D eigenvalue weighted by Gasteiger charge is 2.00. The Hall–Kier alpha value is -1.75. The molecule has 0 heterocycles. The minimum absolute atomic E-state index is 0.0120. The molecule has 1 aromatic carbocycles. The summed E-state index contributed by atoms with van der Waals surface area (Å²) in [5.74, 6) is 0.0120. The van der Waals surface area contributed by atoms with Crippen molar-refractivity contribution in [3.8, 4) is 11.8 Å². The van der Waals surface area contributed by atoms with E-state index in [1.54, 1.807) is 18.2 Å². The molecule has 1 aromatic rings. The highest BCUT2D eigenvalue weighted by molar-refractivity contribution is 5.64. The minimum atomic E-state index is 0.0120. The van der Waals surface area contributed by atoms with Gasteiger partial charge in [0, 0.05) is 0 Å². The number of benzene rings is 1. The van der Waals surface area contributed by atoms with Crippen LogP contribution in [0.1, 0.15) is 18.1 Å². The molecule has 0 unspecified atom stereocenters. The number of hydrogen-bond donors (Lipinski definition) is 1. The quantitative estimate of drug-likeness (QED) is 0.683. The molecular weight excluding hydrogens is 150 g/mol. The summed E-state index contributed by atoms with van der Waals surface area (Å²) in [4.78, 5) is 0. The predicted octanol–water partition coefficient (Wildman–Crippen LogP) is 2.30. The summed E-state index contributed by atoms with van der Waals surface area (Å²) >= 11 is 0. The van der Waals surface area contributed by atoms with Crippen molar-refractivity contribution in [2.45, 2.75) is 6.92 Å². The number of phenolic OH excluding ortho intramolecular Hbond substituents is 1. The monoisotopic (exact) mass is 159 g/mol. The standard InChI is InChI=1S/C10H9NO/c1-7(2)8-3-4-9(6-11)10(12)5-8/h3-5,12H,1H2,2H3. The number of nitrogens with zero attached hydrogens (tertiary/aromatic N) is 1. The van der Waals surface area contributed by atoms with Gasteiger partial charge in [-0.05, 0) is 24.6 Å². The van der Waals surface area contributed by atoms with Gasteiger partial charge in [0.25, 0.3) is 0 Å². The van der Waals surface area contributed by atoms with Gasteiger partial charge in [-0.25, -0.2) is 0 Å². The first-order chi connectivity index (χ1) is 5.65.